The second-order valence-corrected chi connectivity index (χ2v) is 8.88. The van der Waals surface area contributed by atoms with Crippen LogP contribution >= 0.6 is 0 Å². The maximum atomic E-state index is 13.2. The fourth-order valence-corrected chi connectivity index (χ4v) is 4.62. The molecule has 1 heterocycles. The van der Waals surface area contributed by atoms with Crippen LogP contribution in [0, 0.1) is 5.92 Å². The van der Waals surface area contributed by atoms with Crippen LogP contribution < -0.4 is 9.47 Å². The first-order valence-electron chi connectivity index (χ1n) is 11.7. The number of carbonyl (C=O) groups is 1. The smallest absolute Gasteiger partial charge is 0.416 e. The number of nitrogens with zero attached hydrogens (tertiary/aromatic N) is 1. The summed E-state index contributed by atoms with van der Waals surface area (Å²) < 4.78 is 51.1. The molecule has 1 aliphatic heterocycles. The Hall–Kier alpha value is -3.52. The molecule has 0 bridgehead atoms. The highest BCUT2D eigenvalue weighted by atomic mass is 19.4. The second kappa shape index (κ2) is 11.0. The van der Waals surface area contributed by atoms with Gasteiger partial charge in [-0.3, -0.25) is 9.69 Å². The number of hydrogen-bond donors (Lipinski definition) is 1. The van der Waals surface area contributed by atoms with Gasteiger partial charge in [0.1, 0.15) is 6.61 Å². The number of hydrogen-bond acceptors (Lipinski definition) is 4. The summed E-state index contributed by atoms with van der Waals surface area (Å²) in [6.45, 7) is 1.28. The zero-order valence-electron chi connectivity index (χ0n) is 19.9. The Morgan fingerprint density at radius 3 is 2.36 bits per heavy atom. The summed E-state index contributed by atoms with van der Waals surface area (Å²) in [4.78, 5) is 13.7. The lowest BCUT2D eigenvalue weighted by Gasteiger charge is -2.38. The predicted octanol–water partition coefficient (Wildman–Crippen LogP) is 6.18. The average molecular weight is 500 g/mol. The minimum atomic E-state index is -4.44. The van der Waals surface area contributed by atoms with E-state index in [9.17, 15) is 23.1 Å². The first-order valence-corrected chi connectivity index (χ1v) is 11.7. The van der Waals surface area contributed by atoms with Crippen LogP contribution in [-0.2, 0) is 17.6 Å². The molecule has 1 fully saturated rings. The summed E-state index contributed by atoms with van der Waals surface area (Å²) in [5.74, 6) is -0.371. The van der Waals surface area contributed by atoms with Crippen molar-refractivity contribution in [3.8, 4) is 11.5 Å². The van der Waals surface area contributed by atoms with Crippen LogP contribution in [-0.4, -0.2) is 36.2 Å². The van der Waals surface area contributed by atoms with Gasteiger partial charge in [-0.25, -0.2) is 0 Å². The normalized spacial score (nSPS) is 17.4. The molecule has 1 aliphatic rings. The second-order valence-electron chi connectivity index (χ2n) is 8.88. The molecule has 3 aromatic carbocycles. The van der Waals surface area contributed by atoms with Gasteiger partial charge >= 0.3 is 12.1 Å². The lowest BCUT2D eigenvalue weighted by molar-refractivity contribution is -0.144. The van der Waals surface area contributed by atoms with Gasteiger partial charge in [0, 0.05) is 6.54 Å². The topological polar surface area (TPSA) is 59.0 Å². The Bertz CT molecular complexity index is 1170. The minimum Gasteiger partial charge on any atom is -0.493 e. The fourth-order valence-electron chi connectivity index (χ4n) is 4.62. The third-order valence-electron chi connectivity index (χ3n) is 6.46. The monoisotopic (exact) mass is 499 g/mol. The van der Waals surface area contributed by atoms with E-state index in [0.717, 1.165) is 23.3 Å². The average Bonchev–Trinajstić information content (AvgIpc) is 2.88. The molecule has 3 aromatic rings. The molecular weight excluding hydrogens is 471 g/mol. The number of aliphatic carboxylic acids is 1. The molecule has 5 nitrogen and oxygen atoms in total. The summed E-state index contributed by atoms with van der Waals surface area (Å²) in [6, 6.07) is 19.8. The number of carboxylic acids is 1. The highest BCUT2D eigenvalue weighted by Gasteiger charge is 2.33. The maximum absolute atomic E-state index is 13.2. The third-order valence-corrected chi connectivity index (χ3v) is 6.46. The van der Waals surface area contributed by atoms with Gasteiger partial charge in [0.2, 0.25) is 0 Å². The number of alkyl halides is 3. The zero-order valence-corrected chi connectivity index (χ0v) is 19.9. The van der Waals surface area contributed by atoms with Crippen LogP contribution in [0.15, 0.2) is 72.8 Å². The van der Waals surface area contributed by atoms with Gasteiger partial charge in [-0.1, -0.05) is 48.5 Å². The first-order chi connectivity index (χ1) is 17.3. The van der Waals surface area contributed by atoms with Crippen molar-refractivity contribution < 1.29 is 32.5 Å². The highest BCUT2D eigenvalue weighted by Crippen LogP contribution is 2.38. The van der Waals surface area contributed by atoms with Crippen molar-refractivity contribution in [3.63, 3.8) is 0 Å². The van der Waals surface area contributed by atoms with E-state index in [2.05, 4.69) is 0 Å². The number of methoxy groups -OCH3 is 1. The molecule has 8 heteroatoms. The molecule has 1 N–H and O–H groups in total. The molecule has 1 saturated heterocycles. The maximum Gasteiger partial charge on any atom is 0.416 e. The van der Waals surface area contributed by atoms with Crippen molar-refractivity contribution in [1.29, 1.82) is 0 Å². The Kier molecular flexibility index (Phi) is 7.84. The molecule has 36 heavy (non-hydrogen) atoms. The van der Waals surface area contributed by atoms with Crippen molar-refractivity contribution in [2.45, 2.75) is 31.7 Å². The Labute approximate surface area is 208 Å². The molecule has 0 radical (unpaired) electrons. The number of likely N-dealkylation sites (tertiary alicyclic amines) is 1. The highest BCUT2D eigenvalue weighted by molar-refractivity contribution is 5.70. The quantitative estimate of drug-likeness (QED) is 0.401. The Balaban J connectivity index is 1.67. The van der Waals surface area contributed by atoms with Gasteiger partial charge < -0.3 is 14.6 Å². The number of benzene rings is 3. The van der Waals surface area contributed by atoms with Crippen LogP contribution in [0.5, 0.6) is 11.5 Å². The standard InChI is InChI=1S/C28H28F3NO4/c1-35-25-16-21(11-14-24(25)36-18-19-6-3-2-4-7-19)26(32-15-5-8-22(17-32)27(33)34)20-9-12-23(13-10-20)28(29,30)31/h2-4,6-7,9-14,16,22,26H,5,8,15,17-18H2,1H3,(H,33,34). The van der Waals surface area contributed by atoms with Gasteiger partial charge in [0.15, 0.2) is 11.5 Å². The van der Waals surface area contributed by atoms with E-state index in [0.29, 0.717) is 49.6 Å². The molecular formula is C28H28F3NO4. The van der Waals surface area contributed by atoms with E-state index in [1.54, 1.807) is 6.07 Å². The molecule has 2 unspecified atom stereocenters. The molecule has 2 atom stereocenters. The first kappa shape index (κ1) is 25.6. The van der Waals surface area contributed by atoms with Gasteiger partial charge in [0.05, 0.1) is 24.6 Å². The molecule has 190 valence electrons. The van der Waals surface area contributed by atoms with Crippen LogP contribution in [0.1, 0.15) is 41.1 Å². The fraction of sp³-hybridized carbons (Fsp3) is 0.321. The van der Waals surface area contributed by atoms with Crippen molar-refractivity contribution in [3.05, 3.63) is 95.1 Å². The van der Waals surface area contributed by atoms with Gasteiger partial charge in [-0.15, -0.1) is 0 Å². The Morgan fingerprint density at radius 1 is 1.03 bits per heavy atom. The van der Waals surface area contributed by atoms with E-state index < -0.39 is 29.7 Å². The van der Waals surface area contributed by atoms with Crippen LogP contribution in [0.3, 0.4) is 0 Å². The van der Waals surface area contributed by atoms with E-state index in [-0.39, 0.29) is 0 Å². The van der Waals surface area contributed by atoms with Crippen LogP contribution in [0.2, 0.25) is 0 Å². The molecule has 0 spiro atoms. The summed E-state index contributed by atoms with van der Waals surface area (Å²) in [7, 11) is 1.53. The van der Waals surface area contributed by atoms with E-state index >= 15 is 0 Å². The molecule has 0 aromatic heterocycles. The zero-order chi connectivity index (χ0) is 25.7. The number of halogens is 3. The molecule has 4 rings (SSSR count). The van der Waals surface area contributed by atoms with Gasteiger partial charge in [-0.05, 0) is 60.3 Å². The van der Waals surface area contributed by atoms with E-state index in [1.165, 1.54) is 19.2 Å². The lowest BCUT2D eigenvalue weighted by Crippen LogP contribution is -2.41. The summed E-state index contributed by atoms with van der Waals surface area (Å²) in [5.41, 5.74) is 1.70. The largest absolute Gasteiger partial charge is 0.493 e. The summed E-state index contributed by atoms with van der Waals surface area (Å²) in [6.07, 6.45) is -3.18. The van der Waals surface area contributed by atoms with Gasteiger partial charge in [0.25, 0.3) is 0 Å². The Morgan fingerprint density at radius 2 is 1.72 bits per heavy atom. The molecule has 0 aliphatic carbocycles. The van der Waals surface area contributed by atoms with Crippen LogP contribution in [0.4, 0.5) is 13.2 Å². The minimum absolute atomic E-state index is 0.301. The van der Waals surface area contributed by atoms with Crippen molar-refractivity contribution >= 4 is 5.97 Å². The number of ether oxygens (including phenoxy) is 2. The van der Waals surface area contributed by atoms with Crippen LogP contribution in [0.25, 0.3) is 0 Å². The SMILES string of the molecule is COc1cc(C(c2ccc(C(F)(F)F)cc2)N2CCCC(C(=O)O)C2)ccc1OCc1ccccc1. The lowest BCUT2D eigenvalue weighted by atomic mass is 9.91. The number of carboxylic acid groups (broad SMARTS) is 1. The van der Waals surface area contributed by atoms with Crippen molar-refractivity contribution in [1.82, 2.24) is 4.90 Å². The third kappa shape index (κ3) is 5.99. The number of rotatable bonds is 8. The summed E-state index contributed by atoms with van der Waals surface area (Å²) >= 11 is 0. The molecule has 0 saturated carbocycles. The predicted molar refractivity (Wildman–Crippen MR) is 129 cm³/mol. The van der Waals surface area contributed by atoms with E-state index in [4.69, 9.17) is 9.47 Å². The van der Waals surface area contributed by atoms with E-state index in [1.807, 2.05) is 47.4 Å². The summed E-state index contributed by atoms with van der Waals surface area (Å²) in [5, 5.41) is 9.59. The number of piperidine rings is 1. The molecule has 0 amide bonds. The van der Waals surface area contributed by atoms with Gasteiger partial charge in [-0.2, -0.15) is 13.2 Å². The van der Waals surface area contributed by atoms with Crippen molar-refractivity contribution in [2.75, 3.05) is 20.2 Å². The van der Waals surface area contributed by atoms with Crippen molar-refractivity contribution in [2.24, 2.45) is 5.92 Å².